The summed E-state index contributed by atoms with van der Waals surface area (Å²) in [4.78, 5) is 54.0. The van der Waals surface area contributed by atoms with Crippen LogP contribution in [-0.4, -0.2) is 78.1 Å². The summed E-state index contributed by atoms with van der Waals surface area (Å²) in [5.41, 5.74) is -0.836. The van der Waals surface area contributed by atoms with Gasteiger partial charge in [0.15, 0.2) is 0 Å². The Morgan fingerprint density at radius 3 is 2.26 bits per heavy atom. The fraction of sp³-hybridized carbons (Fsp3) is 0.760. The Balaban J connectivity index is 2.99. The SMILES string of the molecule is CCOC(=O)/C(C)=C/CN(C)C(=O)[C@@H](NC(=O)[C@H]1CCCCN1C(=O)OC(C)(C)C)C(C)(C)C. The Morgan fingerprint density at radius 2 is 1.74 bits per heavy atom. The van der Waals surface area contributed by atoms with Gasteiger partial charge >= 0.3 is 12.1 Å². The third kappa shape index (κ3) is 8.99. The van der Waals surface area contributed by atoms with Crippen molar-refractivity contribution >= 4 is 23.9 Å². The highest BCUT2D eigenvalue weighted by atomic mass is 16.6. The Hall–Kier alpha value is -2.58. The molecule has 1 aliphatic heterocycles. The van der Waals surface area contributed by atoms with Gasteiger partial charge in [0.2, 0.25) is 11.8 Å². The molecule has 9 nitrogen and oxygen atoms in total. The predicted molar refractivity (Wildman–Crippen MR) is 130 cm³/mol. The first kappa shape index (κ1) is 29.5. The fourth-order valence-corrected chi connectivity index (χ4v) is 3.54. The lowest BCUT2D eigenvalue weighted by Crippen LogP contribution is -2.59. The molecule has 9 heteroatoms. The molecule has 0 spiro atoms. The topological polar surface area (TPSA) is 105 Å². The second kappa shape index (κ2) is 12.2. The van der Waals surface area contributed by atoms with Crippen LogP contribution in [0.2, 0.25) is 0 Å². The van der Waals surface area contributed by atoms with E-state index in [1.165, 1.54) is 9.80 Å². The van der Waals surface area contributed by atoms with Crippen LogP contribution in [0.1, 0.15) is 74.7 Å². The average Bonchev–Trinajstić information content (AvgIpc) is 2.72. The number of amides is 3. The molecule has 0 radical (unpaired) electrons. The van der Waals surface area contributed by atoms with Crippen LogP contribution in [0.15, 0.2) is 11.6 Å². The first-order valence-electron chi connectivity index (χ1n) is 12.0. The normalized spacial score (nSPS) is 18.1. The average molecular weight is 482 g/mol. The Labute approximate surface area is 204 Å². The number of carbonyl (C=O) groups is 4. The highest BCUT2D eigenvalue weighted by molar-refractivity contribution is 5.92. The maximum atomic E-state index is 13.3. The summed E-state index contributed by atoms with van der Waals surface area (Å²) >= 11 is 0. The van der Waals surface area contributed by atoms with Gasteiger partial charge in [0.05, 0.1) is 6.61 Å². The molecule has 0 unspecified atom stereocenters. The van der Waals surface area contributed by atoms with E-state index in [0.29, 0.717) is 18.5 Å². The van der Waals surface area contributed by atoms with E-state index in [-0.39, 0.29) is 25.0 Å². The Kier molecular flexibility index (Phi) is 10.6. The number of carbonyl (C=O) groups excluding carboxylic acids is 4. The Morgan fingerprint density at radius 1 is 1.12 bits per heavy atom. The van der Waals surface area contributed by atoms with Crippen LogP contribution in [0.5, 0.6) is 0 Å². The first-order valence-corrected chi connectivity index (χ1v) is 12.0. The molecule has 3 amide bonds. The van der Waals surface area contributed by atoms with Crippen molar-refractivity contribution < 1.29 is 28.7 Å². The number of ether oxygens (including phenoxy) is 2. The van der Waals surface area contributed by atoms with Crippen molar-refractivity contribution in [3.8, 4) is 0 Å². The van der Waals surface area contributed by atoms with Gasteiger partial charge in [0.1, 0.15) is 17.7 Å². The van der Waals surface area contributed by atoms with Gasteiger partial charge < -0.3 is 19.7 Å². The van der Waals surface area contributed by atoms with E-state index in [4.69, 9.17) is 9.47 Å². The summed E-state index contributed by atoms with van der Waals surface area (Å²) in [6.07, 6.45) is 3.21. The number of rotatable bonds is 7. The zero-order valence-corrected chi connectivity index (χ0v) is 22.3. The van der Waals surface area contributed by atoms with Crippen molar-refractivity contribution in [1.82, 2.24) is 15.1 Å². The molecule has 1 N–H and O–H groups in total. The third-order valence-corrected chi connectivity index (χ3v) is 5.48. The van der Waals surface area contributed by atoms with Crippen molar-refractivity contribution in [2.45, 2.75) is 92.3 Å². The number of hydrogen-bond acceptors (Lipinski definition) is 6. The monoisotopic (exact) mass is 481 g/mol. The van der Waals surface area contributed by atoms with Gasteiger partial charge in [-0.05, 0) is 59.3 Å². The molecule has 0 aromatic rings. The van der Waals surface area contributed by atoms with E-state index in [9.17, 15) is 19.2 Å². The van der Waals surface area contributed by atoms with Crippen LogP contribution < -0.4 is 5.32 Å². The molecule has 1 fully saturated rings. The van der Waals surface area contributed by atoms with E-state index in [1.807, 2.05) is 20.8 Å². The van der Waals surface area contributed by atoms with Crippen LogP contribution in [0.3, 0.4) is 0 Å². The van der Waals surface area contributed by atoms with Crippen LogP contribution in [0.4, 0.5) is 4.79 Å². The van der Waals surface area contributed by atoms with Gasteiger partial charge in [0, 0.05) is 25.7 Å². The van der Waals surface area contributed by atoms with Gasteiger partial charge in [-0.3, -0.25) is 14.5 Å². The minimum atomic E-state index is -0.816. The van der Waals surface area contributed by atoms with Gasteiger partial charge in [-0.15, -0.1) is 0 Å². The summed E-state index contributed by atoms with van der Waals surface area (Å²) in [5, 5.41) is 2.89. The lowest BCUT2D eigenvalue weighted by molar-refractivity contribution is -0.140. The van der Waals surface area contributed by atoms with Crippen molar-refractivity contribution in [3.63, 3.8) is 0 Å². The van der Waals surface area contributed by atoms with Crippen LogP contribution >= 0.6 is 0 Å². The molecular formula is C25H43N3O6. The molecule has 1 rings (SSSR count). The van der Waals surface area contributed by atoms with Crippen LogP contribution in [0.25, 0.3) is 0 Å². The van der Waals surface area contributed by atoms with E-state index in [2.05, 4.69) is 5.32 Å². The molecular weight excluding hydrogens is 438 g/mol. The minimum Gasteiger partial charge on any atom is -0.463 e. The summed E-state index contributed by atoms with van der Waals surface area (Å²) in [7, 11) is 1.62. The lowest BCUT2D eigenvalue weighted by Gasteiger charge is -2.38. The zero-order chi connectivity index (χ0) is 26.3. The van der Waals surface area contributed by atoms with Gasteiger partial charge in [-0.2, -0.15) is 0 Å². The fourth-order valence-electron chi connectivity index (χ4n) is 3.54. The molecule has 1 saturated heterocycles. The number of likely N-dealkylation sites (N-methyl/N-ethyl adjacent to an activating group) is 1. The van der Waals surface area contributed by atoms with Gasteiger partial charge in [0.25, 0.3) is 0 Å². The van der Waals surface area contributed by atoms with Crippen molar-refractivity contribution in [3.05, 3.63) is 11.6 Å². The minimum absolute atomic E-state index is 0.194. The second-order valence-electron chi connectivity index (χ2n) is 10.8. The smallest absolute Gasteiger partial charge is 0.410 e. The van der Waals surface area contributed by atoms with E-state index < -0.39 is 35.2 Å². The van der Waals surface area contributed by atoms with Gasteiger partial charge in [-0.1, -0.05) is 26.8 Å². The lowest BCUT2D eigenvalue weighted by atomic mass is 9.85. The van der Waals surface area contributed by atoms with Crippen LogP contribution in [0, 0.1) is 5.41 Å². The molecule has 2 atom stereocenters. The van der Waals surface area contributed by atoms with Crippen molar-refractivity contribution in [1.29, 1.82) is 0 Å². The van der Waals surface area contributed by atoms with E-state index >= 15 is 0 Å². The number of likely N-dealkylation sites (tertiary alicyclic amines) is 1. The molecule has 1 heterocycles. The highest BCUT2D eigenvalue weighted by Crippen LogP contribution is 2.24. The largest absolute Gasteiger partial charge is 0.463 e. The standard InChI is InChI=1S/C25H43N3O6/c1-10-33-22(31)17(2)14-16-27(9)21(30)19(24(3,4)5)26-20(29)18-13-11-12-15-28(18)23(32)34-25(6,7)8/h14,18-19H,10-13,15-16H2,1-9H3,(H,26,29)/b17-14+/t18-,19-/m1/s1. The van der Waals surface area contributed by atoms with Crippen LogP contribution in [-0.2, 0) is 23.9 Å². The van der Waals surface area contributed by atoms with Crippen molar-refractivity contribution in [2.24, 2.45) is 5.41 Å². The molecule has 1 aliphatic rings. The van der Waals surface area contributed by atoms with Crippen molar-refractivity contribution in [2.75, 3.05) is 26.7 Å². The number of esters is 1. The number of piperidine rings is 1. The molecule has 0 bridgehead atoms. The molecule has 34 heavy (non-hydrogen) atoms. The molecule has 0 aromatic carbocycles. The summed E-state index contributed by atoms with van der Waals surface area (Å²) in [6, 6.07) is -1.51. The first-order chi connectivity index (χ1) is 15.6. The number of nitrogens with one attached hydrogen (secondary N) is 1. The molecule has 0 aromatic heterocycles. The molecule has 0 saturated carbocycles. The predicted octanol–water partition coefficient (Wildman–Crippen LogP) is 3.27. The molecule has 194 valence electrons. The maximum absolute atomic E-state index is 13.3. The third-order valence-electron chi connectivity index (χ3n) is 5.48. The quantitative estimate of drug-likeness (QED) is 0.442. The summed E-state index contributed by atoms with van der Waals surface area (Å²) in [5.74, 6) is -1.08. The summed E-state index contributed by atoms with van der Waals surface area (Å²) < 4.78 is 10.5. The van der Waals surface area contributed by atoms with E-state index in [1.54, 1.807) is 47.7 Å². The van der Waals surface area contributed by atoms with Gasteiger partial charge in [-0.25, -0.2) is 9.59 Å². The maximum Gasteiger partial charge on any atom is 0.410 e. The number of nitrogens with zero attached hydrogens (tertiary/aromatic N) is 2. The number of hydrogen-bond donors (Lipinski definition) is 1. The Bertz CT molecular complexity index is 779. The highest BCUT2D eigenvalue weighted by Gasteiger charge is 2.40. The second-order valence-corrected chi connectivity index (χ2v) is 10.8. The summed E-state index contributed by atoms with van der Waals surface area (Å²) in [6.45, 7) is 15.2. The zero-order valence-electron chi connectivity index (χ0n) is 22.3. The molecule has 0 aliphatic carbocycles. The van der Waals surface area contributed by atoms with E-state index in [0.717, 1.165) is 12.8 Å².